The summed E-state index contributed by atoms with van der Waals surface area (Å²) in [4.78, 5) is 0. The Balaban J connectivity index is 2.29. The minimum absolute atomic E-state index is 0.444. The molecule has 16 heavy (non-hydrogen) atoms. The Bertz CT molecular complexity index is 209. The fourth-order valence-electron chi connectivity index (χ4n) is 2.41. The second-order valence-electron chi connectivity index (χ2n) is 5.46. The molecule has 94 valence electrons. The fourth-order valence-corrected chi connectivity index (χ4v) is 2.41. The van der Waals surface area contributed by atoms with Crippen LogP contribution in [0.15, 0.2) is 12.7 Å². The van der Waals surface area contributed by atoms with E-state index in [0.717, 1.165) is 25.8 Å². The third kappa shape index (κ3) is 4.26. The van der Waals surface area contributed by atoms with Gasteiger partial charge in [-0.25, -0.2) is 0 Å². The average Bonchev–Trinajstić information content (AvgIpc) is 2.27. The molecular weight excluding hydrogens is 198 g/mol. The molecule has 2 N–H and O–H groups in total. The Labute approximate surface area is 100 Å². The van der Waals surface area contributed by atoms with E-state index in [1.165, 1.54) is 19.3 Å². The second kappa shape index (κ2) is 6.41. The van der Waals surface area contributed by atoms with Crippen LogP contribution in [0.2, 0.25) is 0 Å². The zero-order chi connectivity index (χ0) is 12.0. The lowest BCUT2D eigenvalue weighted by Gasteiger charge is -2.34. The van der Waals surface area contributed by atoms with Gasteiger partial charge in [-0.05, 0) is 32.1 Å². The molecule has 1 fully saturated rings. The molecule has 2 unspecified atom stereocenters. The first-order valence-electron chi connectivity index (χ1n) is 6.64. The molecule has 0 radical (unpaired) electrons. The van der Waals surface area contributed by atoms with Gasteiger partial charge in [0.05, 0.1) is 5.60 Å². The van der Waals surface area contributed by atoms with Crippen LogP contribution in [0.1, 0.15) is 52.4 Å². The van der Waals surface area contributed by atoms with Crippen molar-refractivity contribution in [2.45, 2.75) is 64.0 Å². The Morgan fingerprint density at radius 1 is 1.31 bits per heavy atom. The van der Waals surface area contributed by atoms with Gasteiger partial charge in [0.2, 0.25) is 0 Å². The fraction of sp³-hybridized carbons (Fsp3) is 0.857. The predicted octanol–water partition coefficient (Wildman–Crippen LogP) is 2.87. The van der Waals surface area contributed by atoms with Gasteiger partial charge in [-0.15, -0.1) is 6.58 Å². The summed E-state index contributed by atoms with van der Waals surface area (Å²) >= 11 is 0. The van der Waals surface area contributed by atoms with E-state index in [1.54, 1.807) is 0 Å². The molecule has 1 aliphatic carbocycles. The van der Waals surface area contributed by atoms with Crippen LogP contribution in [0.3, 0.4) is 0 Å². The summed E-state index contributed by atoms with van der Waals surface area (Å²) in [6, 6.07) is 0.448. The maximum Gasteiger partial charge on any atom is 0.0771 e. The van der Waals surface area contributed by atoms with Crippen LogP contribution in [0.4, 0.5) is 0 Å². The number of hydrogen-bond donors (Lipinski definition) is 2. The highest BCUT2D eigenvalue weighted by molar-refractivity contribution is 4.86. The Morgan fingerprint density at radius 3 is 2.50 bits per heavy atom. The van der Waals surface area contributed by atoms with Crippen LogP contribution in [0.25, 0.3) is 0 Å². The zero-order valence-electron chi connectivity index (χ0n) is 10.8. The SMILES string of the molecule is C=CCC(C)C(C)NCC1(O)CCCCC1. The topological polar surface area (TPSA) is 32.3 Å². The van der Waals surface area contributed by atoms with Crippen LogP contribution >= 0.6 is 0 Å². The maximum atomic E-state index is 10.3. The van der Waals surface area contributed by atoms with Crippen molar-refractivity contribution < 1.29 is 5.11 Å². The van der Waals surface area contributed by atoms with E-state index in [1.807, 2.05) is 6.08 Å². The van der Waals surface area contributed by atoms with Crippen LogP contribution in [0, 0.1) is 5.92 Å². The van der Waals surface area contributed by atoms with E-state index in [2.05, 4.69) is 25.7 Å². The monoisotopic (exact) mass is 225 g/mol. The first-order chi connectivity index (χ1) is 7.57. The van der Waals surface area contributed by atoms with Gasteiger partial charge in [0.15, 0.2) is 0 Å². The largest absolute Gasteiger partial charge is 0.389 e. The van der Waals surface area contributed by atoms with Gasteiger partial charge in [-0.3, -0.25) is 0 Å². The summed E-state index contributed by atoms with van der Waals surface area (Å²) in [6.45, 7) is 8.94. The molecule has 0 aromatic rings. The molecule has 0 saturated heterocycles. The van der Waals surface area contributed by atoms with Crippen molar-refractivity contribution >= 4 is 0 Å². The number of aliphatic hydroxyl groups is 1. The highest BCUT2D eigenvalue weighted by atomic mass is 16.3. The first kappa shape index (κ1) is 13.7. The maximum absolute atomic E-state index is 10.3. The van der Waals surface area contributed by atoms with Crippen LogP contribution in [-0.4, -0.2) is 23.3 Å². The summed E-state index contributed by atoms with van der Waals surface area (Å²) in [5, 5.41) is 13.8. The van der Waals surface area contributed by atoms with E-state index in [9.17, 15) is 5.11 Å². The lowest BCUT2D eigenvalue weighted by atomic mass is 9.84. The summed E-state index contributed by atoms with van der Waals surface area (Å²) in [6.07, 6.45) is 8.56. The summed E-state index contributed by atoms with van der Waals surface area (Å²) in [7, 11) is 0. The molecule has 2 atom stereocenters. The third-order valence-electron chi connectivity index (χ3n) is 3.93. The minimum Gasteiger partial charge on any atom is -0.389 e. The van der Waals surface area contributed by atoms with E-state index in [-0.39, 0.29) is 0 Å². The second-order valence-corrected chi connectivity index (χ2v) is 5.46. The number of rotatable bonds is 6. The first-order valence-corrected chi connectivity index (χ1v) is 6.64. The van der Waals surface area contributed by atoms with Crippen LogP contribution in [0.5, 0.6) is 0 Å². The summed E-state index contributed by atoms with van der Waals surface area (Å²) in [5.41, 5.74) is -0.444. The normalized spacial score (nSPS) is 23.7. The molecule has 2 nitrogen and oxygen atoms in total. The van der Waals surface area contributed by atoms with Gasteiger partial charge in [0.25, 0.3) is 0 Å². The standard InChI is InChI=1S/C14H27NO/c1-4-8-12(2)13(3)15-11-14(16)9-6-5-7-10-14/h4,12-13,15-16H,1,5-11H2,2-3H3. The molecule has 1 aliphatic rings. The lowest BCUT2D eigenvalue weighted by molar-refractivity contribution is 0.00181. The predicted molar refractivity (Wildman–Crippen MR) is 69.5 cm³/mol. The van der Waals surface area contributed by atoms with Crippen molar-refractivity contribution in [3.63, 3.8) is 0 Å². The molecule has 1 rings (SSSR count). The molecule has 0 heterocycles. The van der Waals surface area contributed by atoms with Gasteiger partial charge in [-0.2, -0.15) is 0 Å². The molecule has 0 bridgehead atoms. The van der Waals surface area contributed by atoms with E-state index in [0.29, 0.717) is 12.0 Å². The van der Waals surface area contributed by atoms with Crippen LogP contribution < -0.4 is 5.32 Å². The number of nitrogens with one attached hydrogen (secondary N) is 1. The van der Waals surface area contributed by atoms with Crippen molar-refractivity contribution in [1.29, 1.82) is 0 Å². The van der Waals surface area contributed by atoms with E-state index >= 15 is 0 Å². The van der Waals surface area contributed by atoms with Gasteiger partial charge in [0.1, 0.15) is 0 Å². The Morgan fingerprint density at radius 2 is 1.94 bits per heavy atom. The summed E-state index contributed by atoms with van der Waals surface area (Å²) < 4.78 is 0. The summed E-state index contributed by atoms with van der Waals surface area (Å²) in [5.74, 6) is 0.588. The smallest absolute Gasteiger partial charge is 0.0771 e. The van der Waals surface area contributed by atoms with Crippen molar-refractivity contribution in [2.75, 3.05) is 6.54 Å². The van der Waals surface area contributed by atoms with Crippen LogP contribution in [-0.2, 0) is 0 Å². The number of allylic oxidation sites excluding steroid dienone is 1. The van der Waals surface area contributed by atoms with Gasteiger partial charge in [0, 0.05) is 12.6 Å². The van der Waals surface area contributed by atoms with Gasteiger partial charge >= 0.3 is 0 Å². The quantitative estimate of drug-likeness (QED) is 0.681. The Kier molecular flexibility index (Phi) is 5.50. The highest BCUT2D eigenvalue weighted by Gasteiger charge is 2.29. The minimum atomic E-state index is -0.444. The van der Waals surface area contributed by atoms with E-state index in [4.69, 9.17) is 0 Å². The average molecular weight is 225 g/mol. The van der Waals surface area contributed by atoms with Gasteiger partial charge < -0.3 is 10.4 Å². The van der Waals surface area contributed by atoms with E-state index < -0.39 is 5.60 Å². The van der Waals surface area contributed by atoms with Crippen molar-refractivity contribution in [1.82, 2.24) is 5.32 Å². The highest BCUT2D eigenvalue weighted by Crippen LogP contribution is 2.27. The number of hydrogen-bond acceptors (Lipinski definition) is 2. The molecule has 0 spiro atoms. The molecule has 0 amide bonds. The van der Waals surface area contributed by atoms with Crippen molar-refractivity contribution in [3.8, 4) is 0 Å². The molecule has 0 aromatic carbocycles. The van der Waals surface area contributed by atoms with Crippen molar-refractivity contribution in [3.05, 3.63) is 12.7 Å². The third-order valence-corrected chi connectivity index (χ3v) is 3.93. The lowest BCUT2D eigenvalue weighted by Crippen LogP contribution is -2.46. The molecule has 0 aromatic heterocycles. The zero-order valence-corrected chi connectivity index (χ0v) is 10.8. The Hall–Kier alpha value is -0.340. The molecule has 1 saturated carbocycles. The molecule has 2 heteroatoms. The molecule has 0 aliphatic heterocycles. The van der Waals surface area contributed by atoms with Gasteiger partial charge in [-0.1, -0.05) is 32.3 Å². The van der Waals surface area contributed by atoms with Crippen molar-refractivity contribution in [2.24, 2.45) is 5.92 Å². The molecular formula is C14H27NO.